The van der Waals surface area contributed by atoms with Gasteiger partial charge >= 0.3 is 0 Å². The molecule has 1 fully saturated rings. The molecule has 158 valence electrons. The number of aliphatic hydroxyl groups excluding tert-OH is 2. The SMILES string of the molecule is COc1cccc(Nc2ccc(I)cc2F)c1C1CC1(CC(O)CO)S(N)(=O)=O. The monoisotopic (exact) mass is 536 g/mol. The molecule has 29 heavy (non-hydrogen) atoms. The number of rotatable bonds is 8. The topological polar surface area (TPSA) is 122 Å². The van der Waals surface area contributed by atoms with Crippen molar-refractivity contribution in [2.75, 3.05) is 19.0 Å². The molecule has 3 rings (SSSR count). The number of primary sulfonamides is 1. The van der Waals surface area contributed by atoms with Crippen molar-refractivity contribution in [1.82, 2.24) is 0 Å². The van der Waals surface area contributed by atoms with Gasteiger partial charge in [-0.25, -0.2) is 17.9 Å². The van der Waals surface area contributed by atoms with Gasteiger partial charge in [0, 0.05) is 20.7 Å². The molecule has 0 bridgehead atoms. The van der Waals surface area contributed by atoms with E-state index in [2.05, 4.69) is 5.32 Å². The minimum atomic E-state index is -4.05. The average Bonchev–Trinajstić information content (AvgIpc) is 3.38. The van der Waals surface area contributed by atoms with Crippen molar-refractivity contribution in [2.24, 2.45) is 5.14 Å². The number of nitrogens with two attached hydrogens (primary N) is 1. The number of sulfonamides is 1. The van der Waals surface area contributed by atoms with E-state index in [1.54, 1.807) is 30.3 Å². The van der Waals surface area contributed by atoms with Gasteiger partial charge < -0.3 is 20.3 Å². The Morgan fingerprint density at radius 3 is 2.69 bits per heavy atom. The number of methoxy groups -OCH3 is 1. The Hall–Kier alpha value is -1.47. The van der Waals surface area contributed by atoms with Gasteiger partial charge in [0.2, 0.25) is 10.0 Å². The summed E-state index contributed by atoms with van der Waals surface area (Å²) in [5.41, 5.74) is 1.25. The molecule has 0 radical (unpaired) electrons. The summed E-state index contributed by atoms with van der Waals surface area (Å²) in [6.45, 7) is -0.575. The van der Waals surface area contributed by atoms with Gasteiger partial charge in [-0.2, -0.15) is 0 Å². The molecular formula is C19H22FIN2O5S. The van der Waals surface area contributed by atoms with Crippen molar-refractivity contribution in [3.8, 4) is 5.75 Å². The van der Waals surface area contributed by atoms with Crippen molar-refractivity contribution >= 4 is 44.0 Å². The molecule has 5 N–H and O–H groups in total. The van der Waals surface area contributed by atoms with E-state index in [1.807, 2.05) is 22.6 Å². The molecule has 2 aromatic rings. The molecule has 0 aromatic heterocycles. The number of aliphatic hydroxyl groups is 2. The summed E-state index contributed by atoms with van der Waals surface area (Å²) in [7, 11) is -2.60. The highest BCUT2D eigenvalue weighted by molar-refractivity contribution is 14.1. The molecule has 0 saturated heterocycles. The van der Waals surface area contributed by atoms with Gasteiger partial charge in [-0.15, -0.1) is 0 Å². The number of hydrogen-bond acceptors (Lipinski definition) is 6. The van der Waals surface area contributed by atoms with Gasteiger partial charge in [-0.05, 0) is 65.8 Å². The van der Waals surface area contributed by atoms with Crippen molar-refractivity contribution in [3.63, 3.8) is 0 Å². The highest BCUT2D eigenvalue weighted by Gasteiger charge is 2.64. The Bertz CT molecular complexity index is 1020. The minimum absolute atomic E-state index is 0.160. The van der Waals surface area contributed by atoms with Crippen molar-refractivity contribution in [2.45, 2.75) is 29.6 Å². The maximum atomic E-state index is 14.4. The van der Waals surface area contributed by atoms with Crippen LogP contribution in [0.4, 0.5) is 15.8 Å². The lowest BCUT2D eigenvalue weighted by molar-refractivity contribution is 0.0853. The van der Waals surface area contributed by atoms with E-state index in [1.165, 1.54) is 13.2 Å². The third-order valence-corrected chi connectivity index (χ3v) is 7.64. The lowest BCUT2D eigenvalue weighted by Gasteiger charge is -2.21. The first-order chi connectivity index (χ1) is 13.6. The molecule has 0 amide bonds. The number of halogens is 2. The largest absolute Gasteiger partial charge is 0.496 e. The third kappa shape index (κ3) is 4.36. The molecule has 1 saturated carbocycles. The van der Waals surface area contributed by atoms with E-state index in [9.17, 15) is 23.0 Å². The Morgan fingerprint density at radius 2 is 2.10 bits per heavy atom. The molecule has 2 aromatic carbocycles. The van der Waals surface area contributed by atoms with Crippen LogP contribution in [0.15, 0.2) is 36.4 Å². The van der Waals surface area contributed by atoms with Gasteiger partial charge in [0.1, 0.15) is 11.6 Å². The molecule has 0 heterocycles. The van der Waals surface area contributed by atoms with Crippen LogP contribution in [0, 0.1) is 9.39 Å². The maximum absolute atomic E-state index is 14.4. The summed E-state index contributed by atoms with van der Waals surface area (Å²) in [6.07, 6.45) is -1.27. The van der Waals surface area contributed by atoms with E-state index < -0.39 is 39.2 Å². The zero-order valence-corrected chi connectivity index (χ0v) is 18.6. The van der Waals surface area contributed by atoms with Crippen molar-refractivity contribution in [3.05, 3.63) is 51.3 Å². The zero-order chi connectivity index (χ0) is 21.4. The van der Waals surface area contributed by atoms with Gasteiger partial charge in [-0.1, -0.05) is 6.07 Å². The molecule has 0 spiro atoms. The highest BCUT2D eigenvalue weighted by atomic mass is 127. The summed E-state index contributed by atoms with van der Waals surface area (Å²) >= 11 is 2.01. The van der Waals surface area contributed by atoms with Gasteiger partial charge in [0.15, 0.2) is 0 Å². The minimum Gasteiger partial charge on any atom is -0.496 e. The second-order valence-corrected chi connectivity index (χ2v) is 10.2. The highest BCUT2D eigenvalue weighted by Crippen LogP contribution is 2.62. The Balaban J connectivity index is 2.05. The first kappa shape index (κ1) is 22.2. The molecule has 3 unspecified atom stereocenters. The third-order valence-electron chi connectivity index (χ3n) is 5.22. The molecule has 1 aliphatic rings. The second-order valence-electron chi connectivity index (χ2n) is 7.08. The van der Waals surface area contributed by atoms with E-state index in [-0.39, 0.29) is 18.5 Å². The number of hydrogen-bond donors (Lipinski definition) is 4. The molecular weight excluding hydrogens is 514 g/mol. The molecule has 1 aliphatic carbocycles. The fourth-order valence-corrected chi connectivity index (χ4v) is 5.49. The standard InChI is InChI=1S/C19H22FIN2O5S/c1-28-17-4-2-3-16(23-15-6-5-11(21)7-14(15)20)18(17)13-9-19(13,29(22,26)27)8-12(25)10-24/h2-7,12-13,23-25H,8-10H2,1H3,(H2,22,26,27). The molecule has 10 heteroatoms. The smallest absolute Gasteiger partial charge is 0.215 e. The van der Waals surface area contributed by atoms with Crippen LogP contribution in [-0.4, -0.2) is 43.2 Å². The number of anilines is 2. The Kier molecular flexibility index (Phi) is 6.39. The normalized spacial score (nSPS) is 22.2. The van der Waals surface area contributed by atoms with Gasteiger partial charge in [0.05, 0.1) is 30.3 Å². The van der Waals surface area contributed by atoms with E-state index in [4.69, 9.17) is 9.88 Å². The van der Waals surface area contributed by atoms with Gasteiger partial charge in [-0.3, -0.25) is 0 Å². The number of ether oxygens (including phenoxy) is 1. The fraction of sp³-hybridized carbons (Fsp3) is 0.368. The quantitative estimate of drug-likeness (QED) is 0.385. The summed E-state index contributed by atoms with van der Waals surface area (Å²) in [6, 6.07) is 9.80. The lowest BCUT2D eigenvalue weighted by atomic mass is 10.0. The zero-order valence-electron chi connectivity index (χ0n) is 15.6. The molecule has 3 atom stereocenters. The summed E-state index contributed by atoms with van der Waals surface area (Å²) < 4.78 is 43.8. The predicted octanol–water partition coefficient (Wildman–Crippen LogP) is 2.44. The van der Waals surface area contributed by atoms with E-state index >= 15 is 0 Å². The summed E-state index contributed by atoms with van der Waals surface area (Å²) in [4.78, 5) is 0. The Labute approximate surface area is 182 Å². The summed E-state index contributed by atoms with van der Waals surface area (Å²) in [5, 5.41) is 27.6. The first-order valence-electron chi connectivity index (χ1n) is 8.83. The predicted molar refractivity (Wildman–Crippen MR) is 116 cm³/mol. The Morgan fingerprint density at radius 1 is 1.38 bits per heavy atom. The van der Waals surface area contributed by atoms with Crippen LogP contribution < -0.4 is 15.2 Å². The first-order valence-corrected chi connectivity index (χ1v) is 11.5. The van der Waals surface area contributed by atoms with Crippen LogP contribution in [0.5, 0.6) is 5.75 Å². The molecule has 0 aliphatic heterocycles. The van der Waals surface area contributed by atoms with E-state index in [0.717, 1.165) is 3.57 Å². The van der Waals surface area contributed by atoms with Crippen LogP contribution in [0.3, 0.4) is 0 Å². The second kappa shape index (κ2) is 8.34. The van der Waals surface area contributed by atoms with Crippen LogP contribution in [-0.2, 0) is 10.0 Å². The van der Waals surface area contributed by atoms with Crippen LogP contribution in [0.25, 0.3) is 0 Å². The van der Waals surface area contributed by atoms with Crippen molar-refractivity contribution in [1.29, 1.82) is 0 Å². The number of nitrogens with one attached hydrogen (secondary N) is 1. The van der Waals surface area contributed by atoms with E-state index in [0.29, 0.717) is 17.0 Å². The molecule has 7 nitrogen and oxygen atoms in total. The van der Waals surface area contributed by atoms with Crippen LogP contribution >= 0.6 is 22.6 Å². The maximum Gasteiger partial charge on any atom is 0.215 e. The van der Waals surface area contributed by atoms with Crippen molar-refractivity contribution < 1.29 is 27.8 Å². The van der Waals surface area contributed by atoms with Gasteiger partial charge in [0.25, 0.3) is 0 Å². The fourth-order valence-electron chi connectivity index (χ4n) is 3.70. The van der Waals surface area contributed by atoms with Crippen LogP contribution in [0.1, 0.15) is 24.3 Å². The average molecular weight is 536 g/mol. The number of benzene rings is 2. The van der Waals surface area contributed by atoms with Crippen LogP contribution in [0.2, 0.25) is 0 Å². The summed E-state index contributed by atoms with van der Waals surface area (Å²) in [5.74, 6) is -0.603. The lowest BCUT2D eigenvalue weighted by Crippen LogP contribution is -2.36.